The SMILES string of the molecule is N#Cc1cc(C2=Nc3cc(NCC4CC4)c(Cl)cc3NC(=O)C2)ccn1. The van der Waals surface area contributed by atoms with Crippen LogP contribution in [0, 0.1) is 17.2 Å². The van der Waals surface area contributed by atoms with Crippen molar-refractivity contribution < 1.29 is 4.79 Å². The Balaban J connectivity index is 1.73. The number of hydrogen-bond acceptors (Lipinski definition) is 5. The second-order valence-corrected chi connectivity index (χ2v) is 6.91. The third-order valence-corrected chi connectivity index (χ3v) is 4.74. The van der Waals surface area contributed by atoms with Crippen molar-refractivity contribution in [3.8, 4) is 6.07 Å². The zero-order valence-corrected chi connectivity index (χ0v) is 14.7. The number of benzene rings is 1. The molecule has 1 amide bonds. The summed E-state index contributed by atoms with van der Waals surface area (Å²) in [4.78, 5) is 20.9. The number of nitrogens with one attached hydrogen (secondary N) is 2. The van der Waals surface area contributed by atoms with E-state index in [9.17, 15) is 4.79 Å². The van der Waals surface area contributed by atoms with E-state index in [-0.39, 0.29) is 18.0 Å². The second-order valence-electron chi connectivity index (χ2n) is 6.50. The van der Waals surface area contributed by atoms with Gasteiger partial charge in [0.15, 0.2) is 0 Å². The number of amides is 1. The maximum Gasteiger partial charge on any atom is 0.230 e. The Bertz CT molecular complexity index is 959. The van der Waals surface area contributed by atoms with Crippen molar-refractivity contribution >= 4 is 40.3 Å². The summed E-state index contributed by atoms with van der Waals surface area (Å²) in [6.45, 7) is 0.886. The number of carbonyl (C=O) groups excluding carboxylic acids is 1. The first-order valence-electron chi connectivity index (χ1n) is 8.44. The first-order chi connectivity index (χ1) is 12.6. The summed E-state index contributed by atoms with van der Waals surface area (Å²) in [7, 11) is 0. The Morgan fingerprint density at radius 1 is 1.35 bits per heavy atom. The topological polar surface area (TPSA) is 90.2 Å². The smallest absolute Gasteiger partial charge is 0.230 e. The molecule has 0 atom stereocenters. The minimum atomic E-state index is -0.174. The largest absolute Gasteiger partial charge is 0.383 e. The molecule has 0 radical (unpaired) electrons. The van der Waals surface area contributed by atoms with E-state index in [2.05, 4.69) is 20.6 Å². The molecule has 2 aliphatic rings. The molecule has 6 nitrogen and oxygen atoms in total. The van der Waals surface area contributed by atoms with Gasteiger partial charge in [-0.25, -0.2) is 4.98 Å². The number of carbonyl (C=O) groups is 1. The van der Waals surface area contributed by atoms with Crippen LogP contribution < -0.4 is 10.6 Å². The van der Waals surface area contributed by atoms with E-state index in [1.807, 2.05) is 12.1 Å². The Hall–Kier alpha value is -2.91. The van der Waals surface area contributed by atoms with E-state index < -0.39 is 0 Å². The van der Waals surface area contributed by atoms with Gasteiger partial charge in [-0.05, 0) is 43.0 Å². The molecular weight excluding hydrogens is 350 g/mol. The van der Waals surface area contributed by atoms with Crippen molar-refractivity contribution in [2.45, 2.75) is 19.3 Å². The Kier molecular flexibility index (Phi) is 4.31. The highest BCUT2D eigenvalue weighted by atomic mass is 35.5. The highest BCUT2D eigenvalue weighted by molar-refractivity contribution is 6.34. The monoisotopic (exact) mass is 365 g/mol. The van der Waals surface area contributed by atoms with E-state index in [0.29, 0.717) is 33.6 Å². The van der Waals surface area contributed by atoms with Gasteiger partial charge in [0.05, 0.1) is 34.2 Å². The Labute approximate surface area is 155 Å². The van der Waals surface area contributed by atoms with E-state index in [0.717, 1.165) is 12.2 Å². The van der Waals surface area contributed by atoms with Crippen LogP contribution in [0.3, 0.4) is 0 Å². The van der Waals surface area contributed by atoms with Crippen LogP contribution in [-0.2, 0) is 4.79 Å². The molecule has 26 heavy (non-hydrogen) atoms. The van der Waals surface area contributed by atoms with Crippen molar-refractivity contribution in [2.75, 3.05) is 17.2 Å². The fourth-order valence-electron chi connectivity index (χ4n) is 2.84. The normalized spacial score (nSPS) is 16.0. The maximum absolute atomic E-state index is 12.3. The number of nitriles is 1. The summed E-state index contributed by atoms with van der Waals surface area (Å²) in [6, 6.07) is 8.98. The van der Waals surface area contributed by atoms with Crippen molar-refractivity contribution in [3.05, 3.63) is 46.7 Å². The highest BCUT2D eigenvalue weighted by Crippen LogP contribution is 2.38. The molecule has 1 fully saturated rings. The lowest BCUT2D eigenvalue weighted by Crippen LogP contribution is -2.15. The van der Waals surface area contributed by atoms with Crippen LogP contribution >= 0.6 is 11.6 Å². The molecule has 0 unspecified atom stereocenters. The molecule has 2 heterocycles. The maximum atomic E-state index is 12.3. The molecule has 1 aromatic carbocycles. The summed E-state index contributed by atoms with van der Waals surface area (Å²) in [5.74, 6) is 0.539. The number of aliphatic imine (C=N–C) groups is 1. The molecule has 1 aliphatic heterocycles. The molecule has 0 spiro atoms. The van der Waals surface area contributed by atoms with Crippen molar-refractivity contribution in [3.63, 3.8) is 0 Å². The average Bonchev–Trinajstić information content (AvgIpc) is 3.47. The fourth-order valence-corrected chi connectivity index (χ4v) is 3.07. The van der Waals surface area contributed by atoms with Crippen molar-refractivity contribution in [2.24, 2.45) is 10.9 Å². The van der Waals surface area contributed by atoms with Crippen LogP contribution in [0.1, 0.15) is 30.5 Å². The Morgan fingerprint density at radius 2 is 2.19 bits per heavy atom. The number of nitrogens with zero attached hydrogens (tertiary/aromatic N) is 3. The van der Waals surface area contributed by atoms with Gasteiger partial charge in [0.2, 0.25) is 5.91 Å². The number of pyridine rings is 1. The molecule has 0 bridgehead atoms. The highest BCUT2D eigenvalue weighted by Gasteiger charge is 2.22. The van der Waals surface area contributed by atoms with E-state index in [1.54, 1.807) is 24.4 Å². The van der Waals surface area contributed by atoms with Gasteiger partial charge >= 0.3 is 0 Å². The molecule has 4 rings (SSSR count). The molecule has 1 aliphatic carbocycles. The number of fused-ring (bicyclic) bond motifs is 1. The summed E-state index contributed by atoms with van der Waals surface area (Å²) >= 11 is 6.35. The molecule has 1 aromatic heterocycles. The van der Waals surface area contributed by atoms with Gasteiger partial charge in [-0.2, -0.15) is 5.26 Å². The molecular formula is C19H16ClN5O. The van der Waals surface area contributed by atoms with Gasteiger partial charge in [0, 0.05) is 18.3 Å². The quantitative estimate of drug-likeness (QED) is 0.859. The molecule has 2 aromatic rings. The van der Waals surface area contributed by atoms with Gasteiger partial charge in [-0.1, -0.05) is 11.6 Å². The lowest BCUT2D eigenvalue weighted by atomic mass is 10.1. The number of anilines is 2. The van der Waals surface area contributed by atoms with E-state index in [1.165, 1.54) is 12.8 Å². The van der Waals surface area contributed by atoms with Gasteiger partial charge in [0.25, 0.3) is 0 Å². The fraction of sp³-hybridized carbons (Fsp3) is 0.263. The predicted octanol–water partition coefficient (Wildman–Crippen LogP) is 3.89. The number of hydrogen-bond donors (Lipinski definition) is 2. The minimum Gasteiger partial charge on any atom is -0.383 e. The van der Waals surface area contributed by atoms with Crippen LogP contribution in [0.4, 0.5) is 17.1 Å². The molecule has 1 saturated carbocycles. The van der Waals surface area contributed by atoms with Crippen LogP contribution in [0.5, 0.6) is 0 Å². The summed E-state index contributed by atoms with van der Waals surface area (Å²) in [5, 5.41) is 15.8. The van der Waals surface area contributed by atoms with Gasteiger partial charge in [0.1, 0.15) is 11.8 Å². The summed E-state index contributed by atoms with van der Waals surface area (Å²) in [5.41, 5.74) is 3.63. The van der Waals surface area contributed by atoms with Crippen molar-refractivity contribution in [1.82, 2.24) is 4.98 Å². The third-order valence-electron chi connectivity index (χ3n) is 4.43. The second kappa shape index (κ2) is 6.77. The van der Waals surface area contributed by atoms with Crippen molar-refractivity contribution in [1.29, 1.82) is 5.26 Å². The van der Waals surface area contributed by atoms with Crippen LogP contribution in [0.15, 0.2) is 35.5 Å². The van der Waals surface area contributed by atoms with Crippen LogP contribution in [-0.4, -0.2) is 23.1 Å². The van der Waals surface area contributed by atoms with E-state index >= 15 is 0 Å². The summed E-state index contributed by atoms with van der Waals surface area (Å²) < 4.78 is 0. The first-order valence-corrected chi connectivity index (χ1v) is 8.81. The zero-order chi connectivity index (χ0) is 18.1. The number of halogens is 1. The molecule has 7 heteroatoms. The Morgan fingerprint density at radius 3 is 2.96 bits per heavy atom. The standard InChI is InChI=1S/C19H16ClN5O/c20-14-6-17-18(7-16(14)23-10-11-1-2-11)24-15(8-19(26)25-17)12-3-4-22-13(5-12)9-21/h3-7,11,23H,1-2,8,10H2,(H,25,26). The number of rotatable bonds is 4. The van der Waals surface area contributed by atoms with Gasteiger partial charge < -0.3 is 10.6 Å². The van der Waals surface area contributed by atoms with Gasteiger partial charge in [-0.15, -0.1) is 0 Å². The van der Waals surface area contributed by atoms with E-state index in [4.69, 9.17) is 16.9 Å². The number of aromatic nitrogens is 1. The van der Waals surface area contributed by atoms with Crippen LogP contribution in [0.25, 0.3) is 0 Å². The molecule has 130 valence electrons. The lowest BCUT2D eigenvalue weighted by Gasteiger charge is -2.12. The predicted molar refractivity (Wildman–Crippen MR) is 101 cm³/mol. The summed E-state index contributed by atoms with van der Waals surface area (Å²) in [6.07, 6.45) is 4.16. The van der Waals surface area contributed by atoms with Crippen LogP contribution in [0.2, 0.25) is 5.02 Å². The third kappa shape index (κ3) is 3.53. The van der Waals surface area contributed by atoms with Gasteiger partial charge in [-0.3, -0.25) is 9.79 Å². The molecule has 2 N–H and O–H groups in total. The zero-order valence-electron chi connectivity index (χ0n) is 13.9. The lowest BCUT2D eigenvalue weighted by molar-refractivity contribution is -0.115. The average molecular weight is 366 g/mol. The first kappa shape index (κ1) is 16.6. The minimum absolute atomic E-state index is 0.117. The molecule has 0 saturated heterocycles.